The van der Waals surface area contributed by atoms with Crippen LogP contribution in [0.25, 0.3) is 0 Å². The summed E-state index contributed by atoms with van der Waals surface area (Å²) < 4.78 is 5.40. The molecule has 0 spiro atoms. The predicted octanol–water partition coefficient (Wildman–Crippen LogP) is 3.05. The molecule has 0 N–H and O–H groups in total. The van der Waals surface area contributed by atoms with E-state index in [-0.39, 0.29) is 0 Å². The Kier molecular flexibility index (Phi) is 4.28. The van der Waals surface area contributed by atoms with Crippen LogP contribution < -0.4 is 0 Å². The molecule has 1 saturated heterocycles. The molecule has 1 aliphatic heterocycles. The second-order valence-corrected chi connectivity index (χ2v) is 5.56. The highest BCUT2D eigenvalue weighted by Gasteiger charge is 2.20. The smallest absolute Gasteiger partial charge is 0.0642 e. The van der Waals surface area contributed by atoms with Gasteiger partial charge in [0.2, 0.25) is 0 Å². The third kappa shape index (κ3) is 3.24. The highest BCUT2D eigenvalue weighted by Crippen LogP contribution is 2.30. The van der Waals surface area contributed by atoms with Crippen molar-refractivity contribution in [3.63, 3.8) is 0 Å². The molecule has 0 saturated carbocycles. The van der Waals surface area contributed by atoms with Crippen molar-refractivity contribution in [3.8, 4) is 0 Å². The summed E-state index contributed by atoms with van der Waals surface area (Å²) in [4.78, 5) is 2.52. The normalized spacial score (nSPS) is 27.1. The maximum atomic E-state index is 5.40. The monoisotopic (exact) mass is 223 g/mol. The number of ether oxygens (including phenoxy) is 1. The van der Waals surface area contributed by atoms with Crippen molar-refractivity contribution in [2.45, 2.75) is 39.5 Å². The van der Waals surface area contributed by atoms with Gasteiger partial charge in [-0.2, -0.15) is 0 Å². The SMILES string of the molecule is CC(C)CC1CC=C(N2CCOCC2)CC1. The number of rotatable bonds is 3. The van der Waals surface area contributed by atoms with E-state index >= 15 is 0 Å². The first-order valence-corrected chi connectivity index (χ1v) is 6.77. The van der Waals surface area contributed by atoms with Gasteiger partial charge in [0.15, 0.2) is 0 Å². The van der Waals surface area contributed by atoms with E-state index < -0.39 is 0 Å². The highest BCUT2D eigenvalue weighted by atomic mass is 16.5. The van der Waals surface area contributed by atoms with E-state index in [0.29, 0.717) is 0 Å². The minimum Gasteiger partial charge on any atom is -0.378 e. The molecule has 2 aliphatic rings. The summed E-state index contributed by atoms with van der Waals surface area (Å²) in [6.07, 6.45) is 7.86. The topological polar surface area (TPSA) is 12.5 Å². The second kappa shape index (κ2) is 5.72. The first-order valence-electron chi connectivity index (χ1n) is 6.77. The lowest BCUT2D eigenvalue weighted by Crippen LogP contribution is -2.36. The average molecular weight is 223 g/mol. The Morgan fingerprint density at radius 3 is 2.69 bits per heavy atom. The molecule has 2 rings (SSSR count). The molecule has 1 aliphatic carbocycles. The summed E-state index contributed by atoms with van der Waals surface area (Å²) >= 11 is 0. The zero-order chi connectivity index (χ0) is 11.4. The molecule has 92 valence electrons. The maximum absolute atomic E-state index is 5.40. The van der Waals surface area contributed by atoms with Crippen LogP contribution >= 0.6 is 0 Å². The second-order valence-electron chi connectivity index (χ2n) is 5.56. The molecule has 1 unspecified atom stereocenters. The van der Waals surface area contributed by atoms with Gasteiger partial charge in [-0.15, -0.1) is 0 Å². The Labute approximate surface area is 99.7 Å². The van der Waals surface area contributed by atoms with E-state index in [0.717, 1.165) is 38.1 Å². The molecule has 0 aromatic carbocycles. The molecule has 0 aromatic heterocycles. The van der Waals surface area contributed by atoms with Gasteiger partial charge < -0.3 is 9.64 Å². The van der Waals surface area contributed by atoms with Gasteiger partial charge in [-0.3, -0.25) is 0 Å². The molecule has 0 amide bonds. The van der Waals surface area contributed by atoms with Crippen LogP contribution in [0.15, 0.2) is 11.8 Å². The lowest BCUT2D eigenvalue weighted by molar-refractivity contribution is 0.0505. The number of allylic oxidation sites excluding steroid dienone is 2. The minimum absolute atomic E-state index is 0.850. The fraction of sp³-hybridized carbons (Fsp3) is 0.857. The Morgan fingerprint density at radius 2 is 2.12 bits per heavy atom. The minimum atomic E-state index is 0.850. The fourth-order valence-corrected chi connectivity index (χ4v) is 2.89. The number of hydrogen-bond acceptors (Lipinski definition) is 2. The largest absolute Gasteiger partial charge is 0.378 e. The zero-order valence-corrected chi connectivity index (χ0v) is 10.7. The highest BCUT2D eigenvalue weighted by molar-refractivity contribution is 5.06. The van der Waals surface area contributed by atoms with E-state index in [1.54, 1.807) is 5.70 Å². The summed E-state index contributed by atoms with van der Waals surface area (Å²) in [6, 6.07) is 0. The molecule has 2 nitrogen and oxygen atoms in total. The quantitative estimate of drug-likeness (QED) is 0.729. The molecule has 1 heterocycles. The lowest BCUT2D eigenvalue weighted by Gasteiger charge is -2.34. The van der Waals surface area contributed by atoms with E-state index in [2.05, 4.69) is 24.8 Å². The van der Waals surface area contributed by atoms with Gasteiger partial charge in [0.25, 0.3) is 0 Å². The Bertz CT molecular complexity index is 241. The lowest BCUT2D eigenvalue weighted by atomic mass is 9.85. The predicted molar refractivity (Wildman–Crippen MR) is 67.3 cm³/mol. The summed E-state index contributed by atoms with van der Waals surface area (Å²) in [5.74, 6) is 1.79. The Balaban J connectivity index is 1.82. The van der Waals surface area contributed by atoms with Crippen LogP contribution in [0.5, 0.6) is 0 Å². The van der Waals surface area contributed by atoms with E-state index in [1.165, 1.54) is 25.7 Å². The van der Waals surface area contributed by atoms with Crippen molar-refractivity contribution in [2.24, 2.45) is 11.8 Å². The molecule has 0 aromatic rings. The number of hydrogen-bond donors (Lipinski definition) is 0. The molecule has 1 atom stereocenters. The molecule has 2 heteroatoms. The Hall–Kier alpha value is -0.500. The molecular formula is C14H25NO. The van der Waals surface area contributed by atoms with Crippen molar-refractivity contribution in [2.75, 3.05) is 26.3 Å². The molecular weight excluding hydrogens is 198 g/mol. The van der Waals surface area contributed by atoms with E-state index in [4.69, 9.17) is 4.74 Å². The van der Waals surface area contributed by atoms with Gasteiger partial charge in [-0.05, 0) is 37.5 Å². The molecule has 16 heavy (non-hydrogen) atoms. The average Bonchev–Trinajstić information content (AvgIpc) is 2.30. The van der Waals surface area contributed by atoms with Crippen LogP contribution in [0.1, 0.15) is 39.5 Å². The van der Waals surface area contributed by atoms with Gasteiger partial charge in [0.05, 0.1) is 13.2 Å². The molecule has 0 bridgehead atoms. The van der Waals surface area contributed by atoms with Gasteiger partial charge in [0, 0.05) is 18.8 Å². The number of morpholine rings is 1. The van der Waals surface area contributed by atoms with Gasteiger partial charge in [-0.25, -0.2) is 0 Å². The van der Waals surface area contributed by atoms with Crippen LogP contribution in [0.3, 0.4) is 0 Å². The summed E-state index contributed by atoms with van der Waals surface area (Å²) in [5.41, 5.74) is 1.59. The first-order chi connectivity index (χ1) is 7.75. The maximum Gasteiger partial charge on any atom is 0.0642 e. The summed E-state index contributed by atoms with van der Waals surface area (Å²) in [5, 5.41) is 0. The van der Waals surface area contributed by atoms with Crippen LogP contribution in [-0.2, 0) is 4.74 Å². The van der Waals surface area contributed by atoms with Crippen molar-refractivity contribution in [1.29, 1.82) is 0 Å². The van der Waals surface area contributed by atoms with Gasteiger partial charge >= 0.3 is 0 Å². The molecule has 1 fully saturated rings. The van der Waals surface area contributed by atoms with Crippen molar-refractivity contribution < 1.29 is 4.74 Å². The third-order valence-corrected chi connectivity index (χ3v) is 3.72. The van der Waals surface area contributed by atoms with Gasteiger partial charge in [0.1, 0.15) is 0 Å². The van der Waals surface area contributed by atoms with E-state index in [1.807, 2.05) is 0 Å². The number of nitrogens with zero attached hydrogens (tertiary/aromatic N) is 1. The van der Waals surface area contributed by atoms with Crippen molar-refractivity contribution in [1.82, 2.24) is 4.90 Å². The van der Waals surface area contributed by atoms with Crippen LogP contribution in [0.2, 0.25) is 0 Å². The fourth-order valence-electron chi connectivity index (χ4n) is 2.89. The molecule has 0 radical (unpaired) electrons. The standard InChI is InChI=1S/C14H25NO/c1-12(2)11-13-3-5-14(6-4-13)15-7-9-16-10-8-15/h5,12-13H,3-4,6-11H2,1-2H3. The Morgan fingerprint density at radius 1 is 1.38 bits per heavy atom. The summed E-state index contributed by atoms with van der Waals surface area (Å²) in [7, 11) is 0. The van der Waals surface area contributed by atoms with Gasteiger partial charge in [-0.1, -0.05) is 19.9 Å². The van der Waals surface area contributed by atoms with Crippen molar-refractivity contribution in [3.05, 3.63) is 11.8 Å². The van der Waals surface area contributed by atoms with E-state index in [9.17, 15) is 0 Å². The summed E-state index contributed by atoms with van der Waals surface area (Å²) in [6.45, 7) is 8.68. The van der Waals surface area contributed by atoms with Crippen LogP contribution in [0, 0.1) is 11.8 Å². The van der Waals surface area contributed by atoms with Crippen LogP contribution in [0.4, 0.5) is 0 Å². The first kappa shape index (κ1) is 12.0. The van der Waals surface area contributed by atoms with Crippen LogP contribution in [-0.4, -0.2) is 31.2 Å². The van der Waals surface area contributed by atoms with Crippen molar-refractivity contribution >= 4 is 0 Å². The zero-order valence-electron chi connectivity index (χ0n) is 10.7. The third-order valence-electron chi connectivity index (χ3n) is 3.72.